The fraction of sp³-hybridized carbons (Fsp3) is 0.381. The van der Waals surface area contributed by atoms with Crippen molar-refractivity contribution in [2.24, 2.45) is 0 Å². The summed E-state index contributed by atoms with van der Waals surface area (Å²) >= 11 is 5.96. The number of hydrogen-bond donors (Lipinski definition) is 1. The first-order chi connectivity index (χ1) is 13.2. The van der Waals surface area contributed by atoms with Crippen molar-refractivity contribution in [1.29, 1.82) is 0 Å². The first kappa shape index (κ1) is 18.0. The minimum Gasteiger partial charge on any atom is -0.372 e. The van der Waals surface area contributed by atoms with Gasteiger partial charge in [0.15, 0.2) is 0 Å². The number of nitrogens with one attached hydrogen (secondary N) is 1. The van der Waals surface area contributed by atoms with E-state index in [1.165, 1.54) is 18.5 Å². The van der Waals surface area contributed by atoms with E-state index in [9.17, 15) is 4.79 Å². The van der Waals surface area contributed by atoms with Crippen LogP contribution in [0.15, 0.2) is 48.5 Å². The highest BCUT2D eigenvalue weighted by atomic mass is 35.5. The molecule has 0 atom stereocenters. The second-order valence-corrected chi connectivity index (χ2v) is 7.56. The minimum atomic E-state index is -0.0281. The lowest BCUT2D eigenvalue weighted by molar-refractivity contribution is 0.208. The molecule has 4 rings (SSSR count). The number of nitrogens with zero attached hydrogens (tertiary/aromatic N) is 3. The van der Waals surface area contributed by atoms with Crippen molar-refractivity contribution < 1.29 is 4.79 Å². The molecule has 0 aliphatic carbocycles. The summed E-state index contributed by atoms with van der Waals surface area (Å²) in [6, 6.07) is 16.0. The summed E-state index contributed by atoms with van der Waals surface area (Å²) in [5, 5.41) is 3.77. The van der Waals surface area contributed by atoms with E-state index < -0.39 is 0 Å². The second kappa shape index (κ2) is 8.09. The number of carbonyl (C=O) groups is 1. The van der Waals surface area contributed by atoms with E-state index in [1.807, 2.05) is 41.3 Å². The van der Waals surface area contributed by atoms with E-state index in [2.05, 4.69) is 27.2 Å². The first-order valence-electron chi connectivity index (χ1n) is 9.60. The molecule has 0 bridgehead atoms. The summed E-state index contributed by atoms with van der Waals surface area (Å²) in [5.41, 5.74) is 3.24. The predicted molar refractivity (Wildman–Crippen MR) is 112 cm³/mol. The molecule has 0 saturated carbocycles. The van der Waals surface area contributed by atoms with Crippen molar-refractivity contribution in [3.05, 3.63) is 53.6 Å². The largest absolute Gasteiger partial charge is 0.372 e. The molecule has 0 unspecified atom stereocenters. The summed E-state index contributed by atoms with van der Waals surface area (Å²) in [6.45, 7) is 5.32. The molecule has 0 spiro atoms. The maximum absolute atomic E-state index is 12.6. The fourth-order valence-corrected chi connectivity index (χ4v) is 3.88. The lowest BCUT2D eigenvalue weighted by atomic mass is 10.2. The Labute approximate surface area is 165 Å². The van der Waals surface area contributed by atoms with Crippen LogP contribution in [-0.4, -0.2) is 50.2 Å². The van der Waals surface area contributed by atoms with Gasteiger partial charge in [-0.15, -0.1) is 0 Å². The zero-order valence-corrected chi connectivity index (χ0v) is 16.2. The topological polar surface area (TPSA) is 38.8 Å². The molecule has 5 nitrogen and oxygen atoms in total. The molecule has 27 heavy (non-hydrogen) atoms. The maximum atomic E-state index is 12.6. The van der Waals surface area contributed by atoms with Crippen LogP contribution >= 0.6 is 11.6 Å². The molecule has 1 N–H and O–H groups in total. The van der Waals surface area contributed by atoms with E-state index in [1.54, 1.807) is 0 Å². The van der Waals surface area contributed by atoms with Crippen LogP contribution in [0.3, 0.4) is 0 Å². The molecule has 2 saturated heterocycles. The minimum absolute atomic E-state index is 0.0281. The van der Waals surface area contributed by atoms with Gasteiger partial charge in [-0.2, -0.15) is 0 Å². The Hall–Kier alpha value is -2.40. The number of benzene rings is 2. The Morgan fingerprint density at radius 2 is 1.26 bits per heavy atom. The van der Waals surface area contributed by atoms with Gasteiger partial charge in [-0.3, -0.25) is 0 Å². The maximum Gasteiger partial charge on any atom is 0.321 e. The number of carbonyl (C=O) groups excluding carboxylic acids is 1. The number of rotatable bonds is 3. The molecule has 2 amide bonds. The van der Waals surface area contributed by atoms with Crippen molar-refractivity contribution in [3.63, 3.8) is 0 Å². The van der Waals surface area contributed by atoms with Crippen LogP contribution in [-0.2, 0) is 0 Å². The average Bonchev–Trinajstić information content (AvgIpc) is 3.24. The van der Waals surface area contributed by atoms with Gasteiger partial charge in [-0.1, -0.05) is 11.6 Å². The van der Waals surface area contributed by atoms with Gasteiger partial charge in [0.2, 0.25) is 0 Å². The molecule has 2 aromatic carbocycles. The SMILES string of the molecule is O=C(Nc1ccc(N2CCCC2)cc1)N1CCN(c2ccc(Cl)cc2)CC1. The van der Waals surface area contributed by atoms with Crippen molar-refractivity contribution in [1.82, 2.24) is 4.90 Å². The molecule has 0 radical (unpaired) electrons. The Kier molecular flexibility index (Phi) is 5.39. The van der Waals surface area contributed by atoms with Crippen LogP contribution in [0, 0.1) is 0 Å². The lowest BCUT2D eigenvalue weighted by Crippen LogP contribution is -2.50. The smallest absolute Gasteiger partial charge is 0.321 e. The average molecular weight is 385 g/mol. The van der Waals surface area contributed by atoms with Crippen LogP contribution < -0.4 is 15.1 Å². The highest BCUT2D eigenvalue weighted by Crippen LogP contribution is 2.23. The van der Waals surface area contributed by atoms with Gasteiger partial charge in [0.05, 0.1) is 0 Å². The van der Waals surface area contributed by atoms with Crippen LogP contribution in [0.5, 0.6) is 0 Å². The molecule has 2 aliphatic rings. The van der Waals surface area contributed by atoms with Crippen LogP contribution in [0.1, 0.15) is 12.8 Å². The Balaban J connectivity index is 1.29. The Bertz CT molecular complexity index is 764. The van der Waals surface area contributed by atoms with E-state index in [4.69, 9.17) is 11.6 Å². The summed E-state index contributed by atoms with van der Waals surface area (Å²) in [4.78, 5) is 19.1. The van der Waals surface area contributed by atoms with Gasteiger partial charge >= 0.3 is 6.03 Å². The Morgan fingerprint density at radius 3 is 1.85 bits per heavy atom. The highest BCUT2D eigenvalue weighted by Gasteiger charge is 2.21. The van der Waals surface area contributed by atoms with Gasteiger partial charge in [0, 0.05) is 61.4 Å². The number of piperazine rings is 1. The number of amides is 2. The van der Waals surface area contributed by atoms with Crippen molar-refractivity contribution >= 4 is 34.7 Å². The van der Waals surface area contributed by atoms with Gasteiger partial charge < -0.3 is 20.0 Å². The molecular formula is C21H25ClN4O. The van der Waals surface area contributed by atoms with E-state index in [0.29, 0.717) is 13.1 Å². The van der Waals surface area contributed by atoms with Gasteiger partial charge in [0.25, 0.3) is 0 Å². The van der Waals surface area contributed by atoms with E-state index >= 15 is 0 Å². The molecule has 6 heteroatoms. The summed E-state index contributed by atoms with van der Waals surface area (Å²) in [6.07, 6.45) is 2.53. The molecule has 2 aliphatic heterocycles. The second-order valence-electron chi connectivity index (χ2n) is 7.12. The van der Waals surface area contributed by atoms with Gasteiger partial charge in [-0.05, 0) is 61.4 Å². The molecule has 2 fully saturated rings. The van der Waals surface area contributed by atoms with Crippen molar-refractivity contribution in [2.45, 2.75) is 12.8 Å². The quantitative estimate of drug-likeness (QED) is 0.857. The van der Waals surface area contributed by atoms with Gasteiger partial charge in [-0.25, -0.2) is 4.79 Å². The normalized spacial score (nSPS) is 17.3. The number of halogens is 1. The van der Waals surface area contributed by atoms with Crippen LogP contribution in [0.4, 0.5) is 21.9 Å². The fourth-order valence-electron chi connectivity index (χ4n) is 3.75. The summed E-state index contributed by atoms with van der Waals surface area (Å²) < 4.78 is 0. The molecular weight excluding hydrogens is 360 g/mol. The van der Waals surface area contributed by atoms with Gasteiger partial charge in [0.1, 0.15) is 0 Å². The summed E-state index contributed by atoms with van der Waals surface area (Å²) in [5.74, 6) is 0. The molecule has 2 aromatic rings. The molecule has 2 heterocycles. The predicted octanol–water partition coefficient (Wildman–Crippen LogP) is 4.29. The highest BCUT2D eigenvalue weighted by molar-refractivity contribution is 6.30. The third-order valence-electron chi connectivity index (χ3n) is 5.35. The van der Waals surface area contributed by atoms with Crippen molar-refractivity contribution in [2.75, 3.05) is 54.4 Å². The zero-order chi connectivity index (χ0) is 18.6. The van der Waals surface area contributed by atoms with Crippen molar-refractivity contribution in [3.8, 4) is 0 Å². The Morgan fingerprint density at radius 1 is 0.741 bits per heavy atom. The third-order valence-corrected chi connectivity index (χ3v) is 5.60. The monoisotopic (exact) mass is 384 g/mol. The first-order valence-corrected chi connectivity index (χ1v) is 9.98. The number of urea groups is 1. The zero-order valence-electron chi connectivity index (χ0n) is 15.4. The third kappa shape index (κ3) is 4.30. The van der Waals surface area contributed by atoms with E-state index in [0.717, 1.165) is 42.6 Å². The van der Waals surface area contributed by atoms with E-state index in [-0.39, 0.29) is 6.03 Å². The standard InChI is InChI=1S/C21H25ClN4O/c22-17-3-7-19(8-4-17)25-13-15-26(16-14-25)21(27)23-18-5-9-20(10-6-18)24-11-1-2-12-24/h3-10H,1-2,11-16H2,(H,23,27). The number of anilines is 3. The molecule has 0 aromatic heterocycles. The molecule has 142 valence electrons. The number of hydrogen-bond acceptors (Lipinski definition) is 3. The lowest BCUT2D eigenvalue weighted by Gasteiger charge is -2.36. The van der Waals surface area contributed by atoms with Crippen LogP contribution in [0.2, 0.25) is 5.02 Å². The summed E-state index contributed by atoms with van der Waals surface area (Å²) in [7, 11) is 0. The van der Waals surface area contributed by atoms with Crippen LogP contribution in [0.25, 0.3) is 0 Å².